The van der Waals surface area contributed by atoms with E-state index in [0.717, 1.165) is 6.54 Å². The predicted molar refractivity (Wildman–Crippen MR) is 65.1 cm³/mol. The topological polar surface area (TPSA) is 82.7 Å². The molecule has 0 aliphatic rings. The van der Waals surface area contributed by atoms with Crippen LogP contribution in [0.3, 0.4) is 0 Å². The number of nitrogens with zero attached hydrogens (tertiary/aromatic N) is 4. The molecule has 7 heteroatoms. The zero-order chi connectivity index (χ0) is 13.5. The van der Waals surface area contributed by atoms with Crippen molar-refractivity contribution in [3.05, 3.63) is 11.7 Å². The van der Waals surface area contributed by atoms with Gasteiger partial charge in [0.25, 0.3) is 0 Å². The molecular weight excluding hydrogens is 236 g/mol. The average Bonchev–Trinajstić information content (AvgIpc) is 2.73. The first-order chi connectivity index (χ1) is 8.51. The maximum atomic E-state index is 10.8. The first-order valence-corrected chi connectivity index (χ1v) is 5.91. The zero-order valence-corrected chi connectivity index (χ0v) is 11.1. The van der Waals surface area contributed by atoms with Crippen LogP contribution in [0.2, 0.25) is 0 Å². The summed E-state index contributed by atoms with van der Waals surface area (Å²) in [6.45, 7) is 3.73. The molecule has 7 nitrogen and oxygen atoms in total. The van der Waals surface area contributed by atoms with Gasteiger partial charge in [-0.25, -0.2) is 0 Å². The van der Waals surface area contributed by atoms with E-state index < -0.39 is 5.97 Å². The summed E-state index contributed by atoms with van der Waals surface area (Å²) in [5.74, 6) is 0.257. The van der Waals surface area contributed by atoms with Gasteiger partial charge in [-0.1, -0.05) is 12.1 Å². The summed E-state index contributed by atoms with van der Waals surface area (Å²) < 4.78 is 5.00. The van der Waals surface area contributed by atoms with Gasteiger partial charge in [-0.15, -0.1) is 0 Å². The molecule has 0 radical (unpaired) electrons. The third-order valence-corrected chi connectivity index (χ3v) is 2.40. The van der Waals surface area contributed by atoms with Gasteiger partial charge in [0.15, 0.2) is 5.82 Å². The highest BCUT2D eigenvalue weighted by Gasteiger charge is 2.14. The van der Waals surface area contributed by atoms with Crippen LogP contribution in [0.1, 0.15) is 18.6 Å². The first kappa shape index (κ1) is 14.6. The van der Waals surface area contributed by atoms with Crippen molar-refractivity contribution < 1.29 is 14.4 Å². The van der Waals surface area contributed by atoms with Crippen LogP contribution in [0.5, 0.6) is 0 Å². The first-order valence-electron chi connectivity index (χ1n) is 5.91. The Morgan fingerprint density at radius 1 is 1.39 bits per heavy atom. The third-order valence-electron chi connectivity index (χ3n) is 2.40. The van der Waals surface area contributed by atoms with Crippen LogP contribution in [-0.4, -0.2) is 64.7 Å². The van der Waals surface area contributed by atoms with Crippen LogP contribution in [0.4, 0.5) is 0 Å². The number of aromatic nitrogens is 2. The highest BCUT2D eigenvalue weighted by Crippen LogP contribution is 2.02. The Morgan fingerprint density at radius 3 is 2.61 bits per heavy atom. The second-order valence-corrected chi connectivity index (χ2v) is 4.37. The molecule has 18 heavy (non-hydrogen) atoms. The summed E-state index contributed by atoms with van der Waals surface area (Å²) in [5.41, 5.74) is 0. The van der Waals surface area contributed by atoms with Gasteiger partial charge in [0.2, 0.25) is 5.89 Å². The van der Waals surface area contributed by atoms with Crippen molar-refractivity contribution in [3.63, 3.8) is 0 Å². The van der Waals surface area contributed by atoms with Gasteiger partial charge in [-0.05, 0) is 14.1 Å². The fraction of sp³-hybridized carbons (Fsp3) is 0.727. The minimum absolute atomic E-state index is 0.0240. The number of likely N-dealkylation sites (N-methyl/N-ethyl adjacent to an activating group) is 1. The number of aryl methyl sites for hydroxylation is 1. The van der Waals surface area contributed by atoms with E-state index in [1.54, 1.807) is 4.90 Å². The normalized spacial score (nSPS) is 11.4. The molecule has 0 spiro atoms. The smallest absolute Gasteiger partial charge is 0.317 e. The van der Waals surface area contributed by atoms with Gasteiger partial charge in [-0.2, -0.15) is 4.98 Å². The lowest BCUT2D eigenvalue weighted by Crippen LogP contribution is -2.35. The number of hydrogen-bond acceptors (Lipinski definition) is 6. The monoisotopic (exact) mass is 256 g/mol. The van der Waals surface area contributed by atoms with E-state index in [2.05, 4.69) is 10.1 Å². The Balaban J connectivity index is 2.56. The predicted octanol–water partition coefficient (Wildman–Crippen LogP) is 0.0802. The van der Waals surface area contributed by atoms with Crippen LogP contribution in [0, 0.1) is 0 Å². The second-order valence-electron chi connectivity index (χ2n) is 4.37. The molecule has 0 unspecified atom stereocenters. The number of hydrogen-bond donors (Lipinski definition) is 1. The average molecular weight is 256 g/mol. The molecule has 1 rings (SSSR count). The summed E-state index contributed by atoms with van der Waals surface area (Å²) in [4.78, 5) is 18.8. The Morgan fingerprint density at radius 2 is 2.11 bits per heavy atom. The lowest BCUT2D eigenvalue weighted by Gasteiger charge is -2.20. The molecule has 0 aliphatic carbocycles. The minimum Gasteiger partial charge on any atom is -0.480 e. The molecule has 0 bridgehead atoms. The molecule has 0 saturated heterocycles. The maximum Gasteiger partial charge on any atom is 0.317 e. The molecule has 1 N–H and O–H groups in total. The van der Waals surface area contributed by atoms with Crippen molar-refractivity contribution in [1.82, 2.24) is 19.9 Å². The summed E-state index contributed by atoms with van der Waals surface area (Å²) in [7, 11) is 3.89. The van der Waals surface area contributed by atoms with Crippen molar-refractivity contribution in [1.29, 1.82) is 0 Å². The van der Waals surface area contributed by atoms with Gasteiger partial charge >= 0.3 is 5.97 Å². The number of rotatable bonds is 8. The number of carboxylic acids is 1. The van der Waals surface area contributed by atoms with E-state index in [-0.39, 0.29) is 6.54 Å². The number of carbonyl (C=O) groups is 1. The van der Waals surface area contributed by atoms with Crippen molar-refractivity contribution in [2.75, 3.05) is 33.7 Å². The lowest BCUT2D eigenvalue weighted by atomic mass is 10.4. The van der Waals surface area contributed by atoms with E-state index in [0.29, 0.717) is 31.2 Å². The Kier molecular flexibility index (Phi) is 5.73. The molecule has 0 aromatic carbocycles. The Labute approximate surface area is 106 Å². The summed E-state index contributed by atoms with van der Waals surface area (Å²) in [6, 6.07) is 0. The Hall–Kier alpha value is -1.47. The van der Waals surface area contributed by atoms with E-state index in [4.69, 9.17) is 9.63 Å². The maximum absolute atomic E-state index is 10.8. The van der Waals surface area contributed by atoms with Crippen LogP contribution >= 0.6 is 0 Å². The SMILES string of the molecule is CCc1nc(CN(CCN(C)C)CC(=O)O)no1. The van der Waals surface area contributed by atoms with Crippen molar-refractivity contribution in [2.45, 2.75) is 19.9 Å². The van der Waals surface area contributed by atoms with Crippen LogP contribution in [0.25, 0.3) is 0 Å². The van der Waals surface area contributed by atoms with E-state index in [9.17, 15) is 4.79 Å². The molecule has 0 aliphatic heterocycles. The van der Waals surface area contributed by atoms with E-state index in [1.165, 1.54) is 0 Å². The quantitative estimate of drug-likeness (QED) is 0.705. The fourth-order valence-corrected chi connectivity index (χ4v) is 1.44. The van der Waals surface area contributed by atoms with E-state index >= 15 is 0 Å². The number of carboxylic acid groups (broad SMARTS) is 1. The third kappa shape index (κ3) is 5.24. The van der Waals surface area contributed by atoms with Gasteiger partial charge < -0.3 is 14.5 Å². The molecule has 1 heterocycles. The van der Waals surface area contributed by atoms with Crippen LogP contribution in [0.15, 0.2) is 4.52 Å². The molecular formula is C11H20N4O3. The number of aliphatic carboxylic acids is 1. The highest BCUT2D eigenvalue weighted by atomic mass is 16.5. The van der Waals surface area contributed by atoms with Gasteiger partial charge in [0.05, 0.1) is 13.1 Å². The van der Waals surface area contributed by atoms with Gasteiger partial charge in [-0.3, -0.25) is 9.69 Å². The van der Waals surface area contributed by atoms with Crippen molar-refractivity contribution in [2.24, 2.45) is 0 Å². The molecule has 1 aromatic rings. The molecule has 0 saturated carbocycles. The molecule has 102 valence electrons. The fourth-order valence-electron chi connectivity index (χ4n) is 1.44. The molecule has 0 amide bonds. The van der Waals surface area contributed by atoms with Gasteiger partial charge in [0.1, 0.15) is 0 Å². The second kappa shape index (κ2) is 7.07. The molecule has 0 atom stereocenters. The van der Waals surface area contributed by atoms with Crippen molar-refractivity contribution >= 4 is 5.97 Å². The molecule has 0 fully saturated rings. The lowest BCUT2D eigenvalue weighted by molar-refractivity contribution is -0.138. The van der Waals surface area contributed by atoms with E-state index in [1.807, 2.05) is 25.9 Å². The standard InChI is InChI=1S/C11H20N4O3/c1-4-10-12-9(13-18-10)7-15(8-11(16)17)6-5-14(2)3/h4-8H2,1-3H3,(H,16,17). The van der Waals surface area contributed by atoms with Gasteiger partial charge in [0, 0.05) is 19.5 Å². The van der Waals surface area contributed by atoms with Crippen LogP contribution in [-0.2, 0) is 17.8 Å². The minimum atomic E-state index is -0.854. The highest BCUT2D eigenvalue weighted by molar-refractivity contribution is 5.69. The Bertz CT molecular complexity index is 378. The summed E-state index contributed by atoms with van der Waals surface area (Å²) in [6.07, 6.45) is 0.684. The largest absolute Gasteiger partial charge is 0.480 e. The summed E-state index contributed by atoms with van der Waals surface area (Å²) >= 11 is 0. The zero-order valence-electron chi connectivity index (χ0n) is 11.1. The van der Waals surface area contributed by atoms with Crippen LogP contribution < -0.4 is 0 Å². The molecule has 1 aromatic heterocycles. The van der Waals surface area contributed by atoms with Crippen molar-refractivity contribution in [3.8, 4) is 0 Å². The summed E-state index contributed by atoms with van der Waals surface area (Å²) in [5, 5.41) is 12.7.